The predicted molar refractivity (Wildman–Crippen MR) is 125 cm³/mol. The predicted octanol–water partition coefficient (Wildman–Crippen LogP) is 4.37. The van der Waals surface area contributed by atoms with E-state index in [4.69, 9.17) is 4.74 Å². The third-order valence-corrected chi connectivity index (χ3v) is 16.1. The van der Waals surface area contributed by atoms with Crippen molar-refractivity contribution in [2.24, 2.45) is 0 Å². The Morgan fingerprint density at radius 2 is 1.24 bits per heavy atom. The van der Waals surface area contributed by atoms with Crippen molar-refractivity contribution >= 4 is 32.5 Å². The van der Waals surface area contributed by atoms with Crippen LogP contribution >= 0.6 is 0 Å². The van der Waals surface area contributed by atoms with Crippen LogP contribution < -0.4 is 13.2 Å². The summed E-state index contributed by atoms with van der Waals surface area (Å²) in [5, 5.41) is 0. The Balaban J connectivity index is 2.15. The Morgan fingerprint density at radius 1 is 0.848 bits per heavy atom. The van der Waals surface area contributed by atoms with Gasteiger partial charge in [-0.2, -0.15) is 0 Å². The number of nitrogens with zero attached hydrogens (tertiary/aromatic N) is 1. The summed E-state index contributed by atoms with van der Waals surface area (Å²) in [5.74, 6) is 0. The van der Waals surface area contributed by atoms with Gasteiger partial charge in [-0.1, -0.05) is 0 Å². The summed E-state index contributed by atoms with van der Waals surface area (Å²) in [5.41, 5.74) is -0.897. The van der Waals surface area contributed by atoms with E-state index in [1.807, 2.05) is 0 Å². The van der Waals surface area contributed by atoms with Crippen LogP contribution in [-0.4, -0.2) is 42.6 Å². The van der Waals surface area contributed by atoms with E-state index in [-0.39, 0.29) is 6.61 Å². The van der Waals surface area contributed by atoms with Crippen molar-refractivity contribution < 1.29 is 22.7 Å². The van der Waals surface area contributed by atoms with Crippen LogP contribution in [0.2, 0.25) is 0 Å². The molecule has 0 saturated carbocycles. The molecule has 4 rings (SSSR count). The number of carbonyl (C=O) groups is 1. The quantitative estimate of drug-likeness (QED) is 0.476. The first-order valence-electron chi connectivity index (χ1n) is 10.6. The Hall–Kier alpha value is -3.00. The molecule has 0 radical (unpaired) electrons. The van der Waals surface area contributed by atoms with Gasteiger partial charge in [0, 0.05) is 0 Å². The van der Waals surface area contributed by atoms with Crippen molar-refractivity contribution in [3.8, 4) is 0 Å². The average Bonchev–Trinajstić information content (AvgIpc) is 3.07. The third-order valence-electron chi connectivity index (χ3n) is 5.99. The van der Waals surface area contributed by atoms with Gasteiger partial charge in [-0.25, -0.2) is 0 Å². The second-order valence-electron chi connectivity index (χ2n) is 8.63. The molecular weight excluding hydrogens is 488 g/mol. The van der Waals surface area contributed by atoms with Crippen molar-refractivity contribution in [2.75, 3.05) is 6.61 Å². The van der Waals surface area contributed by atoms with E-state index in [1.165, 1.54) is 0 Å². The van der Waals surface area contributed by atoms with Crippen LogP contribution in [0.4, 0.5) is 18.0 Å². The number of hydrogen-bond donors (Lipinski definition) is 0. The first-order chi connectivity index (χ1) is 15.7. The van der Waals surface area contributed by atoms with Gasteiger partial charge in [-0.05, 0) is 0 Å². The summed E-state index contributed by atoms with van der Waals surface area (Å²) >= 11 is -4.61. The molecule has 1 fully saturated rings. The van der Waals surface area contributed by atoms with Crippen LogP contribution in [0, 0.1) is 0 Å². The Bertz CT molecular complexity index is 1050. The Kier molecular flexibility index (Phi) is 6.14. The fourth-order valence-corrected chi connectivity index (χ4v) is 14.4. The topological polar surface area (TPSA) is 29.5 Å². The van der Waals surface area contributed by atoms with Gasteiger partial charge in [0.05, 0.1) is 0 Å². The van der Waals surface area contributed by atoms with Gasteiger partial charge in [0.15, 0.2) is 0 Å². The van der Waals surface area contributed by atoms with E-state index in [9.17, 15) is 4.79 Å². The molecule has 1 aliphatic heterocycles. The summed E-state index contributed by atoms with van der Waals surface area (Å²) in [6, 6.07) is 26.6. The standard InChI is InChI=1S/C26H24F3GeNO2/c1-25(2)19-33-24(32)31(25)18-23(26(27,28)29)30(20-12-6-3-7-13-20,21-14-8-4-9-15-21)22-16-10-5-11-17-22/h3-18H,19H2,1-2H3/b23-18-. The van der Waals surface area contributed by atoms with Gasteiger partial charge in [-0.3, -0.25) is 0 Å². The summed E-state index contributed by atoms with van der Waals surface area (Å²) in [6.07, 6.45) is -4.43. The molecule has 33 heavy (non-hydrogen) atoms. The van der Waals surface area contributed by atoms with Crippen LogP contribution in [0.15, 0.2) is 102 Å². The number of amides is 1. The van der Waals surface area contributed by atoms with Crippen LogP contribution in [0.3, 0.4) is 0 Å². The molecule has 3 aromatic rings. The Labute approximate surface area is 193 Å². The molecule has 0 aliphatic carbocycles. The summed E-state index contributed by atoms with van der Waals surface area (Å²) in [7, 11) is 0. The van der Waals surface area contributed by atoms with Gasteiger partial charge in [0.2, 0.25) is 0 Å². The molecule has 0 N–H and O–H groups in total. The summed E-state index contributed by atoms with van der Waals surface area (Å²) in [6.45, 7) is 3.42. The van der Waals surface area contributed by atoms with E-state index < -0.39 is 35.5 Å². The maximum absolute atomic E-state index is 15.1. The first-order valence-corrected chi connectivity index (χ1v) is 14.8. The number of benzene rings is 3. The van der Waals surface area contributed by atoms with Crippen LogP contribution in [-0.2, 0) is 4.74 Å². The van der Waals surface area contributed by atoms with Gasteiger partial charge in [0.25, 0.3) is 0 Å². The molecule has 1 heterocycles. The van der Waals surface area contributed by atoms with Crippen molar-refractivity contribution in [2.45, 2.75) is 25.6 Å². The molecule has 170 valence electrons. The molecule has 3 aromatic carbocycles. The number of alkyl halides is 3. The zero-order valence-electron chi connectivity index (χ0n) is 18.3. The van der Waals surface area contributed by atoms with Crippen molar-refractivity contribution in [1.29, 1.82) is 0 Å². The van der Waals surface area contributed by atoms with Gasteiger partial charge < -0.3 is 0 Å². The normalized spacial score (nSPS) is 16.6. The molecule has 0 atom stereocenters. The molecule has 7 heteroatoms. The third kappa shape index (κ3) is 4.19. The number of hydrogen-bond acceptors (Lipinski definition) is 2. The Morgan fingerprint density at radius 3 is 1.55 bits per heavy atom. The number of halogens is 3. The number of carbonyl (C=O) groups excluding carboxylic acids is 1. The zero-order valence-corrected chi connectivity index (χ0v) is 20.4. The van der Waals surface area contributed by atoms with Crippen molar-refractivity contribution in [3.05, 3.63) is 102 Å². The molecule has 1 aliphatic rings. The van der Waals surface area contributed by atoms with Gasteiger partial charge in [0.1, 0.15) is 0 Å². The van der Waals surface area contributed by atoms with Gasteiger partial charge >= 0.3 is 194 Å². The van der Waals surface area contributed by atoms with Crippen molar-refractivity contribution in [3.63, 3.8) is 0 Å². The number of allylic oxidation sites excluding steroid dienone is 1. The summed E-state index contributed by atoms with van der Waals surface area (Å²) in [4.78, 5) is 13.6. The van der Waals surface area contributed by atoms with Gasteiger partial charge in [-0.15, -0.1) is 0 Å². The average molecular weight is 512 g/mol. The minimum atomic E-state index is -4.68. The second-order valence-corrected chi connectivity index (χ2v) is 16.5. The number of ether oxygens (including phenoxy) is 1. The molecule has 3 nitrogen and oxygen atoms in total. The van der Waals surface area contributed by atoms with E-state index in [2.05, 4.69) is 0 Å². The number of rotatable bonds is 5. The molecule has 1 saturated heterocycles. The number of cyclic esters (lactones) is 1. The molecular formula is C26H24F3GeNO2. The van der Waals surface area contributed by atoms with Crippen LogP contribution in [0.25, 0.3) is 0 Å². The molecule has 0 bridgehead atoms. The second kappa shape index (κ2) is 8.74. The molecule has 1 amide bonds. The molecule has 0 aromatic heterocycles. The molecule has 0 spiro atoms. The SMILES string of the molecule is CC1(C)COC(=O)N1/C=[C](/C(F)(F)F)[Ge]([c]1ccccc1)([c]1ccccc1)[c]1ccccc1. The van der Waals surface area contributed by atoms with E-state index in [0.717, 1.165) is 11.1 Å². The van der Waals surface area contributed by atoms with Crippen LogP contribution in [0.5, 0.6) is 0 Å². The maximum atomic E-state index is 15.1. The van der Waals surface area contributed by atoms with E-state index in [0.29, 0.717) is 13.2 Å². The minimum absolute atomic E-state index is 0.0233. The molecule has 0 unspecified atom stereocenters. The zero-order chi connectivity index (χ0) is 23.7. The van der Waals surface area contributed by atoms with Crippen LogP contribution in [0.1, 0.15) is 13.8 Å². The van der Waals surface area contributed by atoms with E-state index in [1.54, 1.807) is 105 Å². The fourth-order valence-electron chi connectivity index (χ4n) is 4.39. The van der Waals surface area contributed by atoms with Crippen molar-refractivity contribution in [1.82, 2.24) is 4.90 Å². The van der Waals surface area contributed by atoms with E-state index >= 15 is 13.2 Å². The first kappa shape index (κ1) is 23.2. The monoisotopic (exact) mass is 513 g/mol. The fraction of sp³-hybridized carbons (Fsp3) is 0.192. The summed E-state index contributed by atoms with van der Waals surface area (Å²) < 4.78 is 51.6.